The molecule has 0 unspecified atom stereocenters. The van der Waals surface area contributed by atoms with Gasteiger partial charge in [0, 0.05) is 23.5 Å². The summed E-state index contributed by atoms with van der Waals surface area (Å²) in [6.45, 7) is 0.0618. The van der Waals surface area contributed by atoms with Gasteiger partial charge in [0.25, 0.3) is 0 Å². The summed E-state index contributed by atoms with van der Waals surface area (Å²) in [5, 5.41) is 9.17. The van der Waals surface area contributed by atoms with Crippen LogP contribution in [0.15, 0.2) is 30.4 Å². The van der Waals surface area contributed by atoms with E-state index in [1.165, 1.54) is 5.56 Å². The second kappa shape index (κ2) is 2.85. The third-order valence-corrected chi connectivity index (χ3v) is 3.04. The first kappa shape index (κ1) is 8.06. The summed E-state index contributed by atoms with van der Waals surface area (Å²) in [4.78, 5) is 0. The van der Waals surface area contributed by atoms with Crippen LogP contribution < -0.4 is 4.74 Å². The van der Waals surface area contributed by atoms with Crippen molar-refractivity contribution in [2.45, 2.75) is 25.0 Å². The van der Waals surface area contributed by atoms with Crippen LogP contribution in [0.25, 0.3) is 0 Å². The number of aliphatic hydroxyl groups is 1. The van der Waals surface area contributed by atoms with Gasteiger partial charge in [-0.1, -0.05) is 30.4 Å². The van der Waals surface area contributed by atoms with Crippen molar-refractivity contribution in [3.63, 3.8) is 0 Å². The second-order valence-corrected chi connectivity index (χ2v) is 3.84. The van der Waals surface area contributed by atoms with E-state index in [4.69, 9.17) is 9.84 Å². The summed E-state index contributed by atoms with van der Waals surface area (Å²) in [5.41, 5.74) is 2.14. The Morgan fingerprint density at radius 1 is 1.43 bits per heavy atom. The van der Waals surface area contributed by atoms with Gasteiger partial charge in [-0.2, -0.15) is 0 Å². The predicted octanol–water partition coefficient (Wildman–Crippen LogP) is 1.98. The van der Waals surface area contributed by atoms with E-state index in [9.17, 15) is 0 Å². The SMILES string of the molecule is OCc1cccc2c1O[C@@H]1CC=C[C@H]21. The van der Waals surface area contributed by atoms with Crippen molar-refractivity contribution >= 4 is 0 Å². The maximum atomic E-state index is 9.17. The molecule has 2 nitrogen and oxygen atoms in total. The van der Waals surface area contributed by atoms with E-state index in [1.807, 2.05) is 12.1 Å². The summed E-state index contributed by atoms with van der Waals surface area (Å²) in [7, 11) is 0. The van der Waals surface area contributed by atoms with Crippen LogP contribution in [0, 0.1) is 0 Å². The summed E-state index contributed by atoms with van der Waals surface area (Å²) in [6.07, 6.45) is 5.64. The third-order valence-electron chi connectivity index (χ3n) is 3.04. The minimum absolute atomic E-state index is 0.0618. The molecule has 0 spiro atoms. The van der Waals surface area contributed by atoms with E-state index < -0.39 is 0 Å². The van der Waals surface area contributed by atoms with Crippen LogP contribution >= 0.6 is 0 Å². The third kappa shape index (κ3) is 0.946. The van der Waals surface area contributed by atoms with Crippen LogP contribution in [0.3, 0.4) is 0 Å². The van der Waals surface area contributed by atoms with Crippen molar-refractivity contribution in [1.29, 1.82) is 0 Å². The maximum Gasteiger partial charge on any atom is 0.129 e. The Kier molecular flexibility index (Phi) is 1.64. The number of rotatable bonds is 1. The quantitative estimate of drug-likeness (QED) is 0.683. The molecule has 1 aromatic carbocycles. The van der Waals surface area contributed by atoms with Crippen molar-refractivity contribution in [2.24, 2.45) is 0 Å². The Morgan fingerprint density at radius 3 is 3.21 bits per heavy atom. The lowest BCUT2D eigenvalue weighted by Crippen LogP contribution is -2.11. The Hall–Kier alpha value is -1.28. The van der Waals surface area contributed by atoms with Gasteiger partial charge < -0.3 is 9.84 Å². The smallest absolute Gasteiger partial charge is 0.129 e. The van der Waals surface area contributed by atoms with E-state index in [0.717, 1.165) is 17.7 Å². The Morgan fingerprint density at radius 2 is 2.36 bits per heavy atom. The number of para-hydroxylation sites is 1. The first-order valence-electron chi connectivity index (χ1n) is 4.96. The fraction of sp³-hybridized carbons (Fsp3) is 0.333. The summed E-state index contributed by atoms with van der Waals surface area (Å²) >= 11 is 0. The molecule has 72 valence electrons. The standard InChI is InChI=1S/C12H12O2/c13-7-8-3-1-5-10-9-4-2-6-11(9)14-12(8)10/h1-5,9,11,13H,6-7H2/t9-,11-/m1/s1. The van der Waals surface area contributed by atoms with Gasteiger partial charge in [-0.3, -0.25) is 0 Å². The van der Waals surface area contributed by atoms with Crippen molar-refractivity contribution in [1.82, 2.24) is 0 Å². The van der Waals surface area contributed by atoms with Crippen LogP contribution in [0.4, 0.5) is 0 Å². The molecule has 0 fully saturated rings. The molecule has 2 atom stereocenters. The molecule has 1 heterocycles. The summed E-state index contributed by atoms with van der Waals surface area (Å²) in [5.74, 6) is 1.32. The number of fused-ring (bicyclic) bond motifs is 3. The normalized spacial score (nSPS) is 27.2. The first-order chi connectivity index (χ1) is 6.90. The molecule has 1 N–H and O–H groups in total. The molecule has 2 heteroatoms. The highest BCUT2D eigenvalue weighted by Crippen LogP contribution is 2.45. The molecule has 2 aliphatic rings. The van der Waals surface area contributed by atoms with E-state index in [0.29, 0.717) is 5.92 Å². The molecule has 3 rings (SSSR count). The molecule has 1 aromatic rings. The minimum Gasteiger partial charge on any atom is -0.488 e. The van der Waals surface area contributed by atoms with E-state index >= 15 is 0 Å². The van der Waals surface area contributed by atoms with Crippen LogP contribution in [-0.2, 0) is 6.61 Å². The van der Waals surface area contributed by atoms with Crippen molar-refractivity contribution in [3.8, 4) is 5.75 Å². The molecule has 0 aromatic heterocycles. The summed E-state index contributed by atoms with van der Waals surface area (Å²) in [6, 6.07) is 6.00. The highest BCUT2D eigenvalue weighted by Gasteiger charge is 2.35. The van der Waals surface area contributed by atoms with Gasteiger partial charge >= 0.3 is 0 Å². The van der Waals surface area contributed by atoms with Gasteiger partial charge in [0.2, 0.25) is 0 Å². The average molecular weight is 188 g/mol. The van der Waals surface area contributed by atoms with Gasteiger partial charge in [-0.25, -0.2) is 0 Å². The van der Waals surface area contributed by atoms with Gasteiger partial charge in [-0.05, 0) is 0 Å². The molecular formula is C12H12O2. The largest absolute Gasteiger partial charge is 0.488 e. The number of ether oxygens (including phenoxy) is 1. The van der Waals surface area contributed by atoms with E-state index in [2.05, 4.69) is 18.2 Å². The minimum atomic E-state index is 0.0618. The Labute approximate surface area is 82.8 Å². The Balaban J connectivity index is 2.12. The van der Waals surface area contributed by atoms with Crippen molar-refractivity contribution in [3.05, 3.63) is 41.5 Å². The molecule has 0 radical (unpaired) electrons. The van der Waals surface area contributed by atoms with Crippen molar-refractivity contribution < 1.29 is 9.84 Å². The monoisotopic (exact) mass is 188 g/mol. The lowest BCUT2D eigenvalue weighted by atomic mass is 9.97. The van der Waals surface area contributed by atoms with Gasteiger partial charge in [-0.15, -0.1) is 0 Å². The fourth-order valence-electron chi connectivity index (χ4n) is 2.34. The van der Waals surface area contributed by atoms with Crippen LogP contribution in [0.2, 0.25) is 0 Å². The number of hydrogen-bond acceptors (Lipinski definition) is 2. The van der Waals surface area contributed by atoms with Gasteiger partial charge in [0.15, 0.2) is 0 Å². The van der Waals surface area contributed by atoms with Crippen LogP contribution in [0.1, 0.15) is 23.5 Å². The molecule has 0 bridgehead atoms. The highest BCUT2D eigenvalue weighted by molar-refractivity contribution is 5.50. The molecule has 1 aliphatic heterocycles. The van der Waals surface area contributed by atoms with Gasteiger partial charge in [0.05, 0.1) is 6.61 Å². The predicted molar refractivity (Wildman–Crippen MR) is 53.3 cm³/mol. The molecule has 14 heavy (non-hydrogen) atoms. The van der Waals surface area contributed by atoms with Gasteiger partial charge in [0.1, 0.15) is 11.9 Å². The number of hydrogen-bond donors (Lipinski definition) is 1. The molecule has 0 saturated carbocycles. The molecule has 0 saturated heterocycles. The molecule has 1 aliphatic carbocycles. The zero-order chi connectivity index (χ0) is 9.54. The number of aliphatic hydroxyl groups excluding tert-OH is 1. The topological polar surface area (TPSA) is 29.5 Å². The number of benzene rings is 1. The van der Waals surface area contributed by atoms with Crippen LogP contribution in [0.5, 0.6) is 5.75 Å². The first-order valence-corrected chi connectivity index (χ1v) is 4.96. The lowest BCUT2D eigenvalue weighted by Gasteiger charge is -2.08. The zero-order valence-corrected chi connectivity index (χ0v) is 7.81. The van der Waals surface area contributed by atoms with E-state index in [-0.39, 0.29) is 12.7 Å². The zero-order valence-electron chi connectivity index (χ0n) is 7.81. The van der Waals surface area contributed by atoms with Crippen LogP contribution in [-0.4, -0.2) is 11.2 Å². The second-order valence-electron chi connectivity index (χ2n) is 3.84. The van der Waals surface area contributed by atoms with Crippen molar-refractivity contribution in [2.75, 3.05) is 0 Å². The Bertz CT molecular complexity index is 395. The molecular weight excluding hydrogens is 176 g/mol. The average Bonchev–Trinajstić information content (AvgIpc) is 2.76. The summed E-state index contributed by atoms with van der Waals surface area (Å²) < 4.78 is 5.83. The highest BCUT2D eigenvalue weighted by atomic mass is 16.5. The maximum absolute atomic E-state index is 9.17. The fourth-order valence-corrected chi connectivity index (χ4v) is 2.34. The van der Waals surface area contributed by atoms with E-state index in [1.54, 1.807) is 0 Å². The molecule has 0 amide bonds. The lowest BCUT2D eigenvalue weighted by molar-refractivity contribution is 0.220.